The summed E-state index contributed by atoms with van der Waals surface area (Å²) in [5, 5.41) is 4.10. The van der Waals surface area contributed by atoms with E-state index >= 15 is 0 Å². The summed E-state index contributed by atoms with van der Waals surface area (Å²) in [4.78, 5) is 8.82. The Morgan fingerprint density at radius 1 is 1.29 bits per heavy atom. The van der Waals surface area contributed by atoms with E-state index in [1.807, 2.05) is 42.7 Å². The van der Waals surface area contributed by atoms with E-state index in [4.69, 9.17) is 11.6 Å². The molecule has 0 aliphatic carbocycles. The number of halogens is 1. The van der Waals surface area contributed by atoms with Crippen molar-refractivity contribution in [1.82, 2.24) is 14.5 Å². The zero-order chi connectivity index (χ0) is 14.7. The molecule has 0 bridgehead atoms. The number of aromatic nitrogens is 3. The van der Waals surface area contributed by atoms with Crippen molar-refractivity contribution in [1.29, 1.82) is 0 Å². The van der Waals surface area contributed by atoms with Crippen molar-refractivity contribution in [2.75, 3.05) is 5.32 Å². The van der Waals surface area contributed by atoms with E-state index in [-0.39, 0.29) is 0 Å². The average molecular weight is 301 g/mol. The molecule has 1 N–H and O–H groups in total. The first-order chi connectivity index (χ1) is 10.3. The van der Waals surface area contributed by atoms with Gasteiger partial charge >= 0.3 is 0 Å². The van der Waals surface area contributed by atoms with E-state index in [1.165, 1.54) is 0 Å². The minimum absolute atomic E-state index is 0.662. The number of fused-ring (bicyclic) bond motifs is 1. The third-order valence-electron chi connectivity index (χ3n) is 3.35. The Morgan fingerprint density at radius 3 is 3.00 bits per heavy atom. The lowest BCUT2D eigenvalue weighted by molar-refractivity contribution is 0.661. The molecule has 0 fully saturated rings. The summed E-state index contributed by atoms with van der Waals surface area (Å²) >= 11 is 6.00. The third-order valence-corrected chi connectivity index (χ3v) is 3.59. The summed E-state index contributed by atoms with van der Waals surface area (Å²) in [5.41, 5.74) is 3.07. The molecule has 108 valence electrons. The second kappa shape index (κ2) is 6.14. The summed E-state index contributed by atoms with van der Waals surface area (Å²) < 4.78 is 2.24. The van der Waals surface area contributed by atoms with Gasteiger partial charge in [-0.2, -0.15) is 0 Å². The summed E-state index contributed by atoms with van der Waals surface area (Å²) in [6.45, 7) is 3.78. The Bertz CT molecular complexity index is 751. The lowest BCUT2D eigenvalue weighted by atomic mass is 10.3. The van der Waals surface area contributed by atoms with Gasteiger partial charge in [0, 0.05) is 23.5 Å². The van der Waals surface area contributed by atoms with Crippen molar-refractivity contribution >= 4 is 28.3 Å². The van der Waals surface area contributed by atoms with Gasteiger partial charge in [-0.25, -0.2) is 4.98 Å². The predicted molar refractivity (Wildman–Crippen MR) is 86.6 cm³/mol. The van der Waals surface area contributed by atoms with Crippen molar-refractivity contribution < 1.29 is 0 Å². The van der Waals surface area contributed by atoms with Crippen LogP contribution >= 0.6 is 11.6 Å². The van der Waals surface area contributed by atoms with Gasteiger partial charge in [-0.15, -0.1) is 0 Å². The summed E-state index contributed by atoms with van der Waals surface area (Å²) in [6.07, 6.45) is 4.69. The molecule has 0 saturated heterocycles. The Balaban J connectivity index is 1.87. The number of rotatable bonds is 5. The highest BCUT2D eigenvalue weighted by molar-refractivity contribution is 6.30. The van der Waals surface area contributed by atoms with Gasteiger partial charge in [-0.05, 0) is 30.7 Å². The number of hydrogen-bond donors (Lipinski definition) is 1. The Kier molecular flexibility index (Phi) is 4.06. The highest BCUT2D eigenvalue weighted by Gasteiger charge is 2.09. The second-order valence-electron chi connectivity index (χ2n) is 4.91. The molecule has 0 aliphatic heterocycles. The number of pyridine rings is 1. The maximum atomic E-state index is 6.00. The quantitative estimate of drug-likeness (QED) is 0.771. The van der Waals surface area contributed by atoms with E-state index in [1.54, 1.807) is 0 Å². The SMILES string of the molecule is CCCn1c(CNc2cccc(Cl)c2)nc2cnccc21. The Morgan fingerprint density at radius 2 is 2.19 bits per heavy atom. The second-order valence-corrected chi connectivity index (χ2v) is 5.34. The zero-order valence-corrected chi connectivity index (χ0v) is 12.6. The van der Waals surface area contributed by atoms with Crippen LogP contribution in [0, 0.1) is 0 Å². The van der Waals surface area contributed by atoms with Crippen LogP contribution in [0.15, 0.2) is 42.7 Å². The minimum Gasteiger partial charge on any atom is -0.378 e. The lowest BCUT2D eigenvalue weighted by Gasteiger charge is -2.10. The first-order valence-electron chi connectivity index (χ1n) is 7.06. The number of nitrogens with one attached hydrogen (secondary N) is 1. The molecule has 0 unspecified atom stereocenters. The number of hydrogen-bond acceptors (Lipinski definition) is 3. The molecule has 3 aromatic rings. The van der Waals surface area contributed by atoms with Crippen LogP contribution in [-0.2, 0) is 13.1 Å². The highest BCUT2D eigenvalue weighted by atomic mass is 35.5. The van der Waals surface area contributed by atoms with Gasteiger partial charge in [0.15, 0.2) is 0 Å². The molecule has 1 aromatic carbocycles. The summed E-state index contributed by atoms with van der Waals surface area (Å²) in [5.74, 6) is 1.01. The molecule has 0 atom stereocenters. The number of aryl methyl sites for hydroxylation is 1. The molecule has 0 aliphatic rings. The van der Waals surface area contributed by atoms with Crippen molar-refractivity contribution in [3.8, 4) is 0 Å². The van der Waals surface area contributed by atoms with E-state index in [2.05, 4.69) is 26.8 Å². The van der Waals surface area contributed by atoms with Crippen LogP contribution in [0.4, 0.5) is 5.69 Å². The van der Waals surface area contributed by atoms with E-state index < -0.39 is 0 Å². The van der Waals surface area contributed by atoms with E-state index in [9.17, 15) is 0 Å². The van der Waals surface area contributed by atoms with Crippen LogP contribution in [0.2, 0.25) is 5.02 Å². The van der Waals surface area contributed by atoms with Crippen molar-refractivity contribution in [2.24, 2.45) is 0 Å². The molecule has 0 amide bonds. The fourth-order valence-electron chi connectivity index (χ4n) is 2.42. The largest absolute Gasteiger partial charge is 0.378 e. The first kappa shape index (κ1) is 13.9. The van der Waals surface area contributed by atoms with Crippen molar-refractivity contribution in [3.63, 3.8) is 0 Å². The summed E-state index contributed by atoms with van der Waals surface area (Å²) in [7, 11) is 0. The highest BCUT2D eigenvalue weighted by Crippen LogP contribution is 2.18. The van der Waals surface area contributed by atoms with Crippen LogP contribution in [-0.4, -0.2) is 14.5 Å². The molecular formula is C16H17ClN4. The molecule has 21 heavy (non-hydrogen) atoms. The third kappa shape index (κ3) is 3.00. The van der Waals surface area contributed by atoms with Gasteiger partial charge in [-0.3, -0.25) is 4.98 Å². The Labute approximate surface area is 128 Å². The number of anilines is 1. The molecule has 0 radical (unpaired) electrons. The van der Waals surface area contributed by atoms with Gasteiger partial charge in [0.05, 0.1) is 18.3 Å². The Hall–Kier alpha value is -2.07. The van der Waals surface area contributed by atoms with Gasteiger partial charge in [-0.1, -0.05) is 24.6 Å². The maximum absolute atomic E-state index is 6.00. The van der Waals surface area contributed by atoms with Crippen LogP contribution < -0.4 is 5.32 Å². The predicted octanol–water partition coefficient (Wildman–Crippen LogP) is 4.11. The van der Waals surface area contributed by atoms with Crippen molar-refractivity contribution in [2.45, 2.75) is 26.4 Å². The van der Waals surface area contributed by atoms with Crippen LogP contribution in [0.5, 0.6) is 0 Å². The average Bonchev–Trinajstić information content (AvgIpc) is 2.84. The van der Waals surface area contributed by atoms with Gasteiger partial charge in [0.25, 0.3) is 0 Å². The van der Waals surface area contributed by atoms with E-state index in [0.29, 0.717) is 6.54 Å². The standard InChI is InChI=1S/C16H17ClN4/c1-2-8-21-15-6-7-18-10-14(15)20-16(21)11-19-13-5-3-4-12(17)9-13/h3-7,9-10,19H,2,8,11H2,1H3. The molecule has 4 nitrogen and oxygen atoms in total. The lowest BCUT2D eigenvalue weighted by Crippen LogP contribution is -2.08. The van der Waals surface area contributed by atoms with Crippen molar-refractivity contribution in [3.05, 3.63) is 53.6 Å². The number of benzene rings is 1. The topological polar surface area (TPSA) is 42.7 Å². The minimum atomic E-state index is 0.662. The number of imidazole rings is 1. The summed E-state index contributed by atoms with van der Waals surface area (Å²) in [6, 6.07) is 9.73. The first-order valence-corrected chi connectivity index (χ1v) is 7.44. The molecule has 0 spiro atoms. The smallest absolute Gasteiger partial charge is 0.129 e. The molecular weight excluding hydrogens is 284 g/mol. The molecule has 2 aromatic heterocycles. The maximum Gasteiger partial charge on any atom is 0.129 e. The molecule has 2 heterocycles. The van der Waals surface area contributed by atoms with Crippen LogP contribution in [0.1, 0.15) is 19.2 Å². The molecule has 3 rings (SSSR count). The normalized spacial score (nSPS) is 11.0. The van der Waals surface area contributed by atoms with Crippen LogP contribution in [0.25, 0.3) is 11.0 Å². The number of nitrogens with zero attached hydrogens (tertiary/aromatic N) is 3. The fraction of sp³-hybridized carbons (Fsp3) is 0.250. The van der Waals surface area contributed by atoms with E-state index in [0.717, 1.165) is 40.5 Å². The zero-order valence-electron chi connectivity index (χ0n) is 11.9. The fourth-order valence-corrected chi connectivity index (χ4v) is 2.61. The van der Waals surface area contributed by atoms with Gasteiger partial charge < -0.3 is 9.88 Å². The monoisotopic (exact) mass is 300 g/mol. The van der Waals surface area contributed by atoms with Gasteiger partial charge in [0.2, 0.25) is 0 Å². The molecule has 0 saturated carbocycles. The van der Waals surface area contributed by atoms with Gasteiger partial charge in [0.1, 0.15) is 11.3 Å². The molecule has 5 heteroatoms. The van der Waals surface area contributed by atoms with Crippen LogP contribution in [0.3, 0.4) is 0 Å².